The third-order valence-corrected chi connectivity index (χ3v) is 4.19. The highest BCUT2D eigenvalue weighted by atomic mass is 32.2. The monoisotopic (exact) mass is 421 g/mol. The van der Waals surface area contributed by atoms with E-state index >= 15 is 0 Å². The van der Waals surface area contributed by atoms with E-state index in [1.165, 1.54) is 18.7 Å². The van der Waals surface area contributed by atoms with Crippen molar-refractivity contribution in [3.05, 3.63) is 0 Å². The van der Waals surface area contributed by atoms with Crippen molar-refractivity contribution in [3.8, 4) is 0 Å². The summed E-state index contributed by atoms with van der Waals surface area (Å²) in [7, 11) is 0. The van der Waals surface area contributed by atoms with E-state index in [4.69, 9.17) is 21.7 Å². The van der Waals surface area contributed by atoms with Gasteiger partial charge in [0, 0.05) is 0 Å². The van der Waals surface area contributed by atoms with Gasteiger partial charge in [0.15, 0.2) is 0 Å². The largest absolute Gasteiger partial charge is 0.480 e. The number of aliphatic hydroxyl groups excluding tert-OH is 1. The zero-order valence-corrected chi connectivity index (χ0v) is 16.5. The number of aliphatic carboxylic acids is 1. The van der Waals surface area contributed by atoms with Gasteiger partial charge < -0.3 is 37.6 Å². The Morgan fingerprint density at radius 3 is 2.00 bits per heavy atom. The van der Waals surface area contributed by atoms with Crippen LogP contribution in [0.4, 0.5) is 0 Å². The van der Waals surface area contributed by atoms with Gasteiger partial charge in [-0.2, -0.15) is 11.8 Å². The number of primary amides is 1. The minimum absolute atomic E-state index is 0.179. The van der Waals surface area contributed by atoms with Crippen LogP contribution in [0.25, 0.3) is 0 Å². The molecule has 0 saturated heterocycles. The number of thioether (sulfide) groups is 1. The summed E-state index contributed by atoms with van der Waals surface area (Å²) in [6.07, 6.45) is 1.40. The highest BCUT2D eigenvalue weighted by Crippen LogP contribution is 2.04. The van der Waals surface area contributed by atoms with Crippen molar-refractivity contribution < 1.29 is 34.2 Å². The smallest absolute Gasteiger partial charge is 0.325 e. The molecule has 0 aromatic rings. The van der Waals surface area contributed by atoms with E-state index < -0.39 is 66.8 Å². The zero-order chi connectivity index (χ0) is 21.9. The van der Waals surface area contributed by atoms with Crippen molar-refractivity contribution in [1.82, 2.24) is 16.0 Å². The van der Waals surface area contributed by atoms with E-state index in [-0.39, 0.29) is 6.42 Å². The van der Waals surface area contributed by atoms with E-state index in [1.807, 2.05) is 0 Å². The highest BCUT2D eigenvalue weighted by Gasteiger charge is 2.30. The summed E-state index contributed by atoms with van der Waals surface area (Å²) in [5, 5.41) is 24.6. The fourth-order valence-electron chi connectivity index (χ4n) is 1.92. The number of nitrogens with one attached hydrogen (secondary N) is 3. The molecule has 4 unspecified atom stereocenters. The van der Waals surface area contributed by atoms with Gasteiger partial charge in [0.1, 0.15) is 24.2 Å². The third kappa shape index (κ3) is 9.53. The van der Waals surface area contributed by atoms with Crippen molar-refractivity contribution >= 4 is 41.4 Å². The molecular weight excluding hydrogens is 394 g/mol. The van der Waals surface area contributed by atoms with Crippen LogP contribution in [-0.4, -0.2) is 82.6 Å². The number of rotatable bonds is 13. The number of carbonyl (C=O) groups is 5. The van der Waals surface area contributed by atoms with Crippen molar-refractivity contribution in [3.63, 3.8) is 0 Å². The Morgan fingerprint density at radius 1 is 1.00 bits per heavy atom. The molecule has 0 heterocycles. The molecule has 0 saturated carbocycles. The van der Waals surface area contributed by atoms with Gasteiger partial charge in [-0.1, -0.05) is 0 Å². The molecule has 0 aromatic carbocycles. The number of amides is 4. The minimum atomic E-state index is -1.41. The second-order valence-corrected chi connectivity index (χ2v) is 6.92. The van der Waals surface area contributed by atoms with Gasteiger partial charge in [0.2, 0.25) is 23.6 Å². The maximum atomic E-state index is 12.5. The lowest BCUT2D eigenvalue weighted by Crippen LogP contribution is -2.58. The Hall–Kier alpha value is -2.38. The van der Waals surface area contributed by atoms with Crippen molar-refractivity contribution in [2.75, 3.05) is 18.6 Å². The lowest BCUT2D eigenvalue weighted by molar-refractivity contribution is -0.142. The SMILES string of the molecule is CSCCC(NC(=O)C(CC(N)=O)NC(=O)C(N)CO)C(=O)NC(C)C(=O)O. The fourth-order valence-corrected chi connectivity index (χ4v) is 2.40. The molecular formula is C15H27N5O7S. The molecule has 13 heteroatoms. The summed E-state index contributed by atoms with van der Waals surface area (Å²) in [6.45, 7) is 0.586. The predicted octanol–water partition coefficient (Wildman–Crippen LogP) is -3.51. The van der Waals surface area contributed by atoms with E-state index in [0.29, 0.717) is 5.75 Å². The second-order valence-electron chi connectivity index (χ2n) is 5.93. The first-order valence-corrected chi connectivity index (χ1v) is 9.70. The molecule has 0 radical (unpaired) electrons. The molecule has 160 valence electrons. The lowest BCUT2D eigenvalue weighted by atomic mass is 10.1. The number of carbonyl (C=O) groups excluding carboxylic acids is 4. The number of hydrogen-bond acceptors (Lipinski definition) is 8. The Balaban J connectivity index is 5.26. The van der Waals surface area contributed by atoms with Gasteiger partial charge in [-0.15, -0.1) is 0 Å². The maximum Gasteiger partial charge on any atom is 0.325 e. The molecule has 0 bridgehead atoms. The standard InChI is InChI=1S/C15H27N5O7S/c1-7(15(26)27)18-13(24)9(3-4-28-2)19-14(25)10(5-11(17)22)20-12(23)8(16)6-21/h7-10,21H,3-6,16H2,1-2H3,(H2,17,22)(H,18,24)(H,19,25)(H,20,23)(H,26,27). The first-order chi connectivity index (χ1) is 13.0. The van der Waals surface area contributed by atoms with Crippen molar-refractivity contribution in [1.29, 1.82) is 0 Å². The van der Waals surface area contributed by atoms with Crippen LogP contribution < -0.4 is 27.4 Å². The molecule has 12 nitrogen and oxygen atoms in total. The van der Waals surface area contributed by atoms with Crippen LogP contribution in [0.2, 0.25) is 0 Å². The Labute approximate surface area is 166 Å². The molecule has 0 aliphatic rings. The molecule has 4 atom stereocenters. The third-order valence-electron chi connectivity index (χ3n) is 3.54. The number of carboxylic acid groups (broad SMARTS) is 1. The van der Waals surface area contributed by atoms with Crippen LogP contribution in [-0.2, 0) is 24.0 Å². The summed E-state index contributed by atoms with van der Waals surface area (Å²) >= 11 is 1.40. The molecule has 28 heavy (non-hydrogen) atoms. The molecule has 0 aliphatic heterocycles. The van der Waals surface area contributed by atoms with Gasteiger partial charge in [-0.3, -0.25) is 24.0 Å². The summed E-state index contributed by atoms with van der Waals surface area (Å²) in [6, 6.07) is -5.00. The Kier molecular flexibility index (Phi) is 11.8. The van der Waals surface area contributed by atoms with Crippen LogP contribution >= 0.6 is 11.8 Å². The fraction of sp³-hybridized carbons (Fsp3) is 0.667. The van der Waals surface area contributed by atoms with Crippen LogP contribution in [0.1, 0.15) is 19.8 Å². The molecule has 9 N–H and O–H groups in total. The van der Waals surface area contributed by atoms with Gasteiger partial charge in [0.25, 0.3) is 0 Å². The first kappa shape index (κ1) is 25.6. The Bertz CT molecular complexity index is 589. The number of hydrogen-bond donors (Lipinski definition) is 7. The summed E-state index contributed by atoms with van der Waals surface area (Å²) in [5.41, 5.74) is 10.4. The highest BCUT2D eigenvalue weighted by molar-refractivity contribution is 7.98. The number of aliphatic hydroxyl groups is 1. The quantitative estimate of drug-likeness (QED) is 0.157. The van der Waals surface area contributed by atoms with Gasteiger partial charge in [-0.05, 0) is 25.4 Å². The molecule has 4 amide bonds. The average Bonchev–Trinajstić information content (AvgIpc) is 2.62. The van der Waals surface area contributed by atoms with E-state index in [9.17, 15) is 24.0 Å². The minimum Gasteiger partial charge on any atom is -0.480 e. The molecule has 0 spiro atoms. The normalized spacial score (nSPS) is 14.9. The van der Waals surface area contributed by atoms with Crippen LogP contribution in [0.5, 0.6) is 0 Å². The average molecular weight is 421 g/mol. The molecule has 0 aromatic heterocycles. The molecule has 0 fully saturated rings. The zero-order valence-electron chi connectivity index (χ0n) is 15.6. The lowest BCUT2D eigenvalue weighted by Gasteiger charge is -2.24. The summed E-state index contributed by atoms with van der Waals surface area (Å²) in [4.78, 5) is 58.7. The van der Waals surface area contributed by atoms with Gasteiger partial charge >= 0.3 is 5.97 Å². The second kappa shape index (κ2) is 12.9. The van der Waals surface area contributed by atoms with Crippen molar-refractivity contribution in [2.24, 2.45) is 11.5 Å². The van der Waals surface area contributed by atoms with E-state index in [0.717, 1.165) is 0 Å². The number of carboxylic acids is 1. The predicted molar refractivity (Wildman–Crippen MR) is 101 cm³/mol. The van der Waals surface area contributed by atoms with Gasteiger partial charge in [0.05, 0.1) is 13.0 Å². The summed E-state index contributed by atoms with van der Waals surface area (Å²) < 4.78 is 0. The maximum absolute atomic E-state index is 12.5. The van der Waals surface area contributed by atoms with E-state index in [2.05, 4.69) is 16.0 Å². The van der Waals surface area contributed by atoms with Crippen LogP contribution in [0.3, 0.4) is 0 Å². The Morgan fingerprint density at radius 2 is 1.54 bits per heavy atom. The van der Waals surface area contributed by atoms with E-state index in [1.54, 1.807) is 6.26 Å². The summed E-state index contributed by atoms with van der Waals surface area (Å²) in [5.74, 6) is -4.14. The van der Waals surface area contributed by atoms with Crippen molar-refractivity contribution in [2.45, 2.75) is 43.9 Å². The van der Waals surface area contributed by atoms with Gasteiger partial charge in [-0.25, -0.2) is 0 Å². The molecule has 0 rings (SSSR count). The topological polar surface area (TPSA) is 214 Å². The van der Waals surface area contributed by atoms with Crippen LogP contribution in [0, 0.1) is 0 Å². The first-order valence-electron chi connectivity index (χ1n) is 8.31. The number of nitrogens with two attached hydrogens (primary N) is 2. The molecule has 0 aliphatic carbocycles. The van der Waals surface area contributed by atoms with Crippen LogP contribution in [0.15, 0.2) is 0 Å².